The highest BCUT2D eigenvalue weighted by molar-refractivity contribution is 6.35. The molecule has 1 aromatic carbocycles. The van der Waals surface area contributed by atoms with Crippen molar-refractivity contribution in [3.05, 3.63) is 88.3 Å². The fourth-order valence-electron chi connectivity index (χ4n) is 4.97. The molecule has 1 aliphatic rings. The van der Waals surface area contributed by atoms with Crippen LogP contribution in [-0.2, 0) is 16.0 Å². The second-order valence-electron chi connectivity index (χ2n) is 12.1. The van der Waals surface area contributed by atoms with Crippen molar-refractivity contribution in [3.63, 3.8) is 0 Å². The molecule has 244 valence electrons. The number of rotatable bonds is 10. The van der Waals surface area contributed by atoms with Crippen LogP contribution in [0.2, 0.25) is 5.02 Å². The molecule has 3 aromatic heterocycles. The molecule has 11 nitrogen and oxygen atoms in total. The molecule has 12 heteroatoms. The van der Waals surface area contributed by atoms with Crippen molar-refractivity contribution < 1.29 is 28.6 Å². The summed E-state index contributed by atoms with van der Waals surface area (Å²) in [5.41, 5.74) is 4.30. The first-order chi connectivity index (χ1) is 22.5. The van der Waals surface area contributed by atoms with Crippen LogP contribution in [0.5, 0.6) is 5.88 Å². The molecule has 0 aliphatic carbocycles. The standard InChI is InChI=1S/C35H36ClN5O6/c1-21-25(31-30(36)26(13-15-37-31)28-12-10-23(20-42)33(40-28)45-5)7-6-8-27(21)39-32(43)29-11-9-22(17-38-29)18-41(19-24-14-16-46-24)34(44)47-35(2,3)4/h6-13,15,17,20,24H,14,16,18-19H2,1-5H3,(H,39,43)/t24-/m0/s1. The minimum absolute atomic E-state index is 0.0257. The van der Waals surface area contributed by atoms with Gasteiger partial charge in [0.15, 0.2) is 6.29 Å². The lowest BCUT2D eigenvalue weighted by Gasteiger charge is -2.33. The van der Waals surface area contributed by atoms with Crippen LogP contribution in [0.15, 0.2) is 60.9 Å². The van der Waals surface area contributed by atoms with Crippen LogP contribution in [0.4, 0.5) is 10.5 Å². The van der Waals surface area contributed by atoms with Crippen LogP contribution < -0.4 is 10.1 Å². The molecule has 0 saturated carbocycles. The van der Waals surface area contributed by atoms with E-state index in [1.54, 1.807) is 59.8 Å². The second-order valence-corrected chi connectivity index (χ2v) is 12.4. The number of nitrogens with zero attached hydrogens (tertiary/aromatic N) is 4. The van der Waals surface area contributed by atoms with E-state index in [9.17, 15) is 14.4 Å². The van der Waals surface area contributed by atoms with Crippen LogP contribution in [0, 0.1) is 6.92 Å². The van der Waals surface area contributed by atoms with Crippen molar-refractivity contribution in [1.29, 1.82) is 0 Å². The molecule has 0 unspecified atom stereocenters. The quantitative estimate of drug-likeness (QED) is 0.184. The predicted molar refractivity (Wildman–Crippen MR) is 178 cm³/mol. The fourth-order valence-corrected chi connectivity index (χ4v) is 5.29. The van der Waals surface area contributed by atoms with E-state index in [2.05, 4.69) is 20.3 Å². The smallest absolute Gasteiger partial charge is 0.410 e. The summed E-state index contributed by atoms with van der Waals surface area (Å²) in [7, 11) is 1.44. The SMILES string of the molecule is COc1nc(-c2ccnc(-c3cccc(NC(=O)c4ccc(CN(C[C@@H]5CCO5)C(=O)OC(C)(C)C)cn4)c3C)c2Cl)ccc1C=O. The summed E-state index contributed by atoms with van der Waals surface area (Å²) in [5, 5.41) is 3.30. The average Bonchev–Trinajstić information content (AvgIpc) is 3.02. The number of hydrogen-bond acceptors (Lipinski definition) is 9. The third-order valence-corrected chi connectivity index (χ3v) is 7.89. The van der Waals surface area contributed by atoms with E-state index in [0.29, 0.717) is 58.2 Å². The van der Waals surface area contributed by atoms with Gasteiger partial charge in [0.1, 0.15) is 11.3 Å². The van der Waals surface area contributed by atoms with E-state index < -0.39 is 17.6 Å². The van der Waals surface area contributed by atoms with Crippen LogP contribution in [-0.4, -0.2) is 70.1 Å². The van der Waals surface area contributed by atoms with Crippen molar-refractivity contribution in [2.45, 2.75) is 52.4 Å². The zero-order chi connectivity index (χ0) is 33.7. The number of carbonyl (C=O) groups excluding carboxylic acids is 3. The molecule has 1 atom stereocenters. The Labute approximate surface area is 278 Å². The molecule has 0 radical (unpaired) electrons. The summed E-state index contributed by atoms with van der Waals surface area (Å²) in [4.78, 5) is 52.4. The number of methoxy groups -OCH3 is 1. The molecule has 47 heavy (non-hydrogen) atoms. The number of carbonyl (C=O) groups is 3. The Morgan fingerprint density at radius 1 is 1.11 bits per heavy atom. The topological polar surface area (TPSA) is 133 Å². The summed E-state index contributed by atoms with van der Waals surface area (Å²) < 4.78 is 16.4. The van der Waals surface area contributed by atoms with Gasteiger partial charge in [-0.1, -0.05) is 29.8 Å². The highest BCUT2D eigenvalue weighted by Gasteiger charge is 2.28. The van der Waals surface area contributed by atoms with E-state index >= 15 is 0 Å². The Morgan fingerprint density at radius 3 is 2.53 bits per heavy atom. The number of hydrogen-bond donors (Lipinski definition) is 1. The van der Waals surface area contributed by atoms with Gasteiger partial charge in [0.2, 0.25) is 5.88 Å². The highest BCUT2D eigenvalue weighted by atomic mass is 35.5. The molecule has 5 rings (SSSR count). The molecule has 2 amide bonds. The third kappa shape index (κ3) is 7.93. The van der Waals surface area contributed by atoms with Crippen LogP contribution in [0.1, 0.15) is 59.2 Å². The van der Waals surface area contributed by atoms with Crippen molar-refractivity contribution >= 4 is 35.6 Å². The molecule has 1 saturated heterocycles. The van der Waals surface area contributed by atoms with Gasteiger partial charge in [0.25, 0.3) is 5.91 Å². The van der Waals surface area contributed by atoms with Gasteiger partial charge >= 0.3 is 6.09 Å². The molecule has 0 bridgehead atoms. The first kappa shape index (κ1) is 33.5. The Morgan fingerprint density at radius 2 is 1.89 bits per heavy atom. The lowest BCUT2D eigenvalue weighted by Crippen LogP contribution is -2.44. The normalized spacial score (nSPS) is 14.1. The maximum atomic E-state index is 13.3. The Bertz CT molecular complexity index is 1790. The van der Waals surface area contributed by atoms with Gasteiger partial charge in [0.05, 0.1) is 48.3 Å². The molecule has 4 aromatic rings. The van der Waals surface area contributed by atoms with Crippen molar-refractivity contribution in [2.75, 3.05) is 25.6 Å². The monoisotopic (exact) mass is 657 g/mol. The predicted octanol–water partition coefficient (Wildman–Crippen LogP) is 6.77. The average molecular weight is 658 g/mol. The lowest BCUT2D eigenvalue weighted by atomic mass is 10.0. The van der Waals surface area contributed by atoms with Gasteiger partial charge in [-0.05, 0) is 75.6 Å². The Kier molecular flexibility index (Phi) is 10.2. The van der Waals surface area contributed by atoms with Gasteiger partial charge in [-0.15, -0.1) is 0 Å². The van der Waals surface area contributed by atoms with Gasteiger partial charge in [-0.2, -0.15) is 0 Å². The van der Waals surface area contributed by atoms with Crippen molar-refractivity contribution in [3.8, 4) is 28.4 Å². The van der Waals surface area contributed by atoms with E-state index in [1.807, 2.05) is 33.8 Å². The third-order valence-electron chi connectivity index (χ3n) is 7.51. The molecule has 0 spiro atoms. The van der Waals surface area contributed by atoms with Gasteiger partial charge in [-0.25, -0.2) is 9.78 Å². The Hall–Kier alpha value is -4.87. The first-order valence-corrected chi connectivity index (χ1v) is 15.5. The molecule has 1 N–H and O–H groups in total. The fraction of sp³-hybridized carbons (Fsp3) is 0.314. The number of ether oxygens (including phenoxy) is 3. The lowest BCUT2D eigenvalue weighted by molar-refractivity contribution is -0.0701. The van der Waals surface area contributed by atoms with E-state index in [0.717, 1.165) is 17.5 Å². The number of pyridine rings is 3. The first-order valence-electron chi connectivity index (χ1n) is 15.1. The summed E-state index contributed by atoms with van der Waals surface area (Å²) in [6.07, 6.45) is 4.30. The maximum Gasteiger partial charge on any atom is 0.410 e. The van der Waals surface area contributed by atoms with Gasteiger partial charge < -0.3 is 24.4 Å². The molecule has 1 aliphatic heterocycles. The number of halogens is 1. The van der Waals surface area contributed by atoms with Gasteiger partial charge in [-0.3, -0.25) is 19.6 Å². The van der Waals surface area contributed by atoms with Crippen molar-refractivity contribution in [2.24, 2.45) is 0 Å². The highest BCUT2D eigenvalue weighted by Crippen LogP contribution is 2.37. The largest absolute Gasteiger partial charge is 0.480 e. The van der Waals surface area contributed by atoms with E-state index in [4.69, 9.17) is 25.8 Å². The number of benzene rings is 1. The minimum atomic E-state index is -0.634. The van der Waals surface area contributed by atoms with Crippen LogP contribution in [0.3, 0.4) is 0 Å². The van der Waals surface area contributed by atoms with Gasteiger partial charge in [0, 0.05) is 35.8 Å². The number of aldehydes is 1. The number of anilines is 1. The second kappa shape index (κ2) is 14.3. The molecular weight excluding hydrogens is 622 g/mol. The van der Waals surface area contributed by atoms with Crippen LogP contribution in [0.25, 0.3) is 22.5 Å². The summed E-state index contributed by atoms with van der Waals surface area (Å²) >= 11 is 6.86. The molecule has 1 fully saturated rings. The number of nitrogens with one attached hydrogen (secondary N) is 1. The Balaban J connectivity index is 1.32. The maximum absolute atomic E-state index is 13.3. The summed E-state index contributed by atoms with van der Waals surface area (Å²) in [6.45, 7) is 8.69. The summed E-state index contributed by atoms with van der Waals surface area (Å²) in [6, 6.07) is 13.9. The van der Waals surface area contributed by atoms with E-state index in [1.165, 1.54) is 7.11 Å². The zero-order valence-electron chi connectivity index (χ0n) is 26.9. The number of aromatic nitrogens is 3. The number of amides is 2. The van der Waals surface area contributed by atoms with Crippen molar-refractivity contribution in [1.82, 2.24) is 19.9 Å². The zero-order valence-corrected chi connectivity index (χ0v) is 27.6. The van der Waals surface area contributed by atoms with E-state index in [-0.39, 0.29) is 24.2 Å². The molecular formula is C35H36ClN5O6. The van der Waals surface area contributed by atoms with Crippen LogP contribution >= 0.6 is 11.6 Å². The minimum Gasteiger partial charge on any atom is -0.480 e. The molecule has 4 heterocycles. The summed E-state index contributed by atoms with van der Waals surface area (Å²) in [5.74, 6) is -0.207.